The number of fused-ring (bicyclic) bond motifs is 1. The summed E-state index contributed by atoms with van der Waals surface area (Å²) in [5.41, 5.74) is 15.6. The number of aromatic nitrogens is 1. The Bertz CT molecular complexity index is 394. The monoisotopic (exact) mass is 191 g/mol. The van der Waals surface area contributed by atoms with Crippen LogP contribution >= 0.6 is 0 Å². The van der Waals surface area contributed by atoms with Gasteiger partial charge in [-0.2, -0.15) is 0 Å². The number of anilines is 1. The molecule has 0 fully saturated rings. The lowest BCUT2D eigenvalue weighted by molar-refractivity contribution is 1.39. The van der Waals surface area contributed by atoms with Crippen LogP contribution in [0.25, 0.3) is 10.9 Å². The number of hydrogen-bond donors (Lipinski definition) is 5. The van der Waals surface area contributed by atoms with E-state index in [-0.39, 0.29) is 5.96 Å². The molecule has 0 radical (unpaired) electrons. The fraction of sp³-hybridized carbons (Fsp3) is 0. The maximum atomic E-state index is 6.06. The number of nitrogens with two attached hydrogens (primary N) is 3. The van der Waals surface area contributed by atoms with Crippen LogP contribution in [0.5, 0.6) is 0 Å². The minimum Gasteiger partial charge on any atom is -0.385 e. The predicted molar refractivity (Wildman–Crippen MR) is 58.8 cm³/mol. The van der Waals surface area contributed by atoms with Crippen LogP contribution in [0.2, 0.25) is 0 Å². The van der Waals surface area contributed by atoms with Crippen LogP contribution in [0, 0.1) is 5.41 Å². The Hall–Kier alpha value is -2.17. The number of benzene rings is 1. The molecule has 0 saturated carbocycles. The minimum atomic E-state index is -0.333. The molecule has 0 atom stereocenters. The molecule has 2 aromatic rings. The van der Waals surface area contributed by atoms with Gasteiger partial charge in [0.2, 0.25) is 0 Å². The van der Waals surface area contributed by atoms with Gasteiger partial charge < -0.3 is 22.2 Å². The van der Waals surface area contributed by atoms with Crippen molar-refractivity contribution in [3.8, 4) is 0 Å². The molecule has 8 N–H and O–H groups in total. The molecule has 0 aliphatic heterocycles. The molecule has 0 unspecified atom stereocenters. The van der Waals surface area contributed by atoms with Gasteiger partial charge in [0.25, 0.3) is 0 Å². The highest BCUT2D eigenvalue weighted by Gasteiger charge is 1.92. The van der Waals surface area contributed by atoms with Crippen molar-refractivity contribution in [1.82, 2.24) is 4.98 Å². The molecule has 5 heteroatoms. The Balaban J connectivity index is 0.000000213. The second-order valence-electron chi connectivity index (χ2n) is 2.77. The van der Waals surface area contributed by atoms with E-state index in [4.69, 9.17) is 11.1 Å². The van der Waals surface area contributed by atoms with Gasteiger partial charge in [0.05, 0.1) is 0 Å². The van der Waals surface area contributed by atoms with Gasteiger partial charge >= 0.3 is 0 Å². The minimum absolute atomic E-state index is 0.333. The summed E-state index contributed by atoms with van der Waals surface area (Å²) in [5, 5.41) is 7.22. The van der Waals surface area contributed by atoms with E-state index in [2.05, 4.69) is 16.5 Å². The second-order valence-corrected chi connectivity index (χ2v) is 2.77. The van der Waals surface area contributed by atoms with E-state index in [9.17, 15) is 0 Å². The van der Waals surface area contributed by atoms with Crippen LogP contribution in [-0.4, -0.2) is 10.9 Å². The smallest absolute Gasteiger partial charge is 0.183 e. The van der Waals surface area contributed by atoms with Gasteiger partial charge in [-0.15, -0.1) is 0 Å². The molecule has 2 rings (SSSR count). The van der Waals surface area contributed by atoms with Gasteiger partial charge in [-0.3, -0.25) is 5.41 Å². The first-order valence-electron chi connectivity index (χ1n) is 4.02. The maximum Gasteiger partial charge on any atom is 0.183 e. The van der Waals surface area contributed by atoms with E-state index in [1.807, 2.05) is 30.3 Å². The van der Waals surface area contributed by atoms with Crippen molar-refractivity contribution in [3.63, 3.8) is 0 Å². The zero-order chi connectivity index (χ0) is 10.6. The molecule has 0 aliphatic carbocycles. The largest absolute Gasteiger partial charge is 0.385 e. The third kappa shape index (κ3) is 2.71. The first-order chi connectivity index (χ1) is 6.59. The van der Waals surface area contributed by atoms with Crippen molar-refractivity contribution in [2.45, 2.75) is 0 Å². The van der Waals surface area contributed by atoms with Crippen molar-refractivity contribution >= 4 is 22.7 Å². The molecule has 1 aromatic heterocycles. The van der Waals surface area contributed by atoms with Gasteiger partial charge in [-0.1, -0.05) is 18.2 Å². The first kappa shape index (κ1) is 9.91. The molecular formula is C9H13N5. The van der Waals surface area contributed by atoms with Crippen LogP contribution in [0.4, 0.5) is 5.82 Å². The topological polar surface area (TPSA) is 118 Å². The van der Waals surface area contributed by atoms with Gasteiger partial charge in [0.1, 0.15) is 5.82 Å². The molecule has 1 heterocycles. The van der Waals surface area contributed by atoms with Crippen LogP contribution in [-0.2, 0) is 0 Å². The summed E-state index contributed by atoms with van der Waals surface area (Å²) in [5.74, 6) is 0.390. The number of H-pyrrole nitrogens is 1. The Morgan fingerprint density at radius 3 is 2.36 bits per heavy atom. The number of aromatic amines is 1. The van der Waals surface area contributed by atoms with Gasteiger partial charge in [0.15, 0.2) is 5.96 Å². The molecule has 0 saturated heterocycles. The van der Waals surface area contributed by atoms with Crippen LogP contribution in [0.1, 0.15) is 0 Å². The Labute approximate surface area is 81.4 Å². The summed E-state index contributed by atoms with van der Waals surface area (Å²) in [7, 11) is 0. The highest BCUT2D eigenvalue weighted by Crippen LogP contribution is 2.14. The molecule has 74 valence electrons. The molecule has 0 spiro atoms. The maximum absolute atomic E-state index is 6.06. The lowest BCUT2D eigenvalue weighted by Crippen LogP contribution is -2.20. The molecule has 0 aliphatic rings. The quantitative estimate of drug-likeness (QED) is 0.310. The number of guanidine groups is 1. The van der Waals surface area contributed by atoms with Crippen molar-refractivity contribution < 1.29 is 0 Å². The van der Waals surface area contributed by atoms with Gasteiger partial charge in [0, 0.05) is 10.9 Å². The lowest BCUT2D eigenvalue weighted by Gasteiger charge is -1.83. The van der Waals surface area contributed by atoms with E-state index < -0.39 is 0 Å². The average Bonchev–Trinajstić information content (AvgIpc) is 2.42. The third-order valence-electron chi connectivity index (χ3n) is 1.55. The zero-order valence-corrected chi connectivity index (χ0v) is 7.62. The van der Waals surface area contributed by atoms with E-state index >= 15 is 0 Å². The molecular weight excluding hydrogens is 178 g/mol. The van der Waals surface area contributed by atoms with Crippen molar-refractivity contribution in [2.24, 2.45) is 11.5 Å². The summed E-state index contributed by atoms with van der Waals surface area (Å²) in [6.07, 6.45) is 0. The fourth-order valence-corrected chi connectivity index (χ4v) is 1.10. The molecule has 1 aromatic carbocycles. The fourth-order valence-electron chi connectivity index (χ4n) is 1.10. The molecule has 0 bridgehead atoms. The van der Waals surface area contributed by atoms with E-state index in [1.54, 1.807) is 0 Å². The van der Waals surface area contributed by atoms with Crippen LogP contribution < -0.4 is 17.2 Å². The Kier molecular flexibility index (Phi) is 2.96. The summed E-state index contributed by atoms with van der Waals surface area (Å²) >= 11 is 0. The van der Waals surface area contributed by atoms with E-state index in [0.717, 1.165) is 11.3 Å². The van der Waals surface area contributed by atoms with Gasteiger partial charge in [-0.05, 0) is 12.1 Å². The second kappa shape index (κ2) is 4.18. The standard InChI is InChI=1S/C8H8N2.CH5N3/c9-8-5-6-3-1-2-4-7(6)10-8;2-1(3)4/h1-5,10H,9H2;(H5,2,3,4). The van der Waals surface area contributed by atoms with Crippen LogP contribution in [0.15, 0.2) is 30.3 Å². The SMILES string of the molecule is N=C(N)N.Nc1cc2ccccc2[nH]1. The zero-order valence-electron chi connectivity index (χ0n) is 7.62. The first-order valence-corrected chi connectivity index (χ1v) is 4.02. The van der Waals surface area contributed by atoms with E-state index in [0.29, 0.717) is 0 Å². The predicted octanol–water partition coefficient (Wildman–Crippen LogP) is 0.589. The van der Waals surface area contributed by atoms with Crippen molar-refractivity contribution in [1.29, 1.82) is 5.41 Å². The number of nitrogen functional groups attached to an aromatic ring is 1. The number of rotatable bonds is 0. The van der Waals surface area contributed by atoms with Crippen LogP contribution in [0.3, 0.4) is 0 Å². The third-order valence-corrected chi connectivity index (χ3v) is 1.55. The summed E-state index contributed by atoms with van der Waals surface area (Å²) in [4.78, 5) is 3.04. The molecule has 5 nitrogen and oxygen atoms in total. The van der Waals surface area contributed by atoms with Gasteiger partial charge in [-0.25, -0.2) is 0 Å². The molecule has 14 heavy (non-hydrogen) atoms. The van der Waals surface area contributed by atoms with Crippen molar-refractivity contribution in [3.05, 3.63) is 30.3 Å². The van der Waals surface area contributed by atoms with E-state index in [1.165, 1.54) is 5.39 Å². The summed E-state index contributed by atoms with van der Waals surface area (Å²) in [6, 6.07) is 9.94. The highest BCUT2D eigenvalue weighted by molar-refractivity contribution is 5.83. The summed E-state index contributed by atoms with van der Waals surface area (Å²) in [6.45, 7) is 0. The number of hydrogen-bond acceptors (Lipinski definition) is 2. The number of nitrogens with one attached hydrogen (secondary N) is 2. The Morgan fingerprint density at radius 1 is 1.21 bits per heavy atom. The number of para-hydroxylation sites is 1. The van der Waals surface area contributed by atoms with Crippen molar-refractivity contribution in [2.75, 3.05) is 5.73 Å². The average molecular weight is 191 g/mol. The Morgan fingerprint density at radius 2 is 1.79 bits per heavy atom. The molecule has 0 amide bonds. The normalized spacial score (nSPS) is 9.14. The summed E-state index contributed by atoms with van der Waals surface area (Å²) < 4.78 is 0. The highest BCUT2D eigenvalue weighted by atomic mass is 14.9. The lowest BCUT2D eigenvalue weighted by atomic mass is 10.3.